The summed E-state index contributed by atoms with van der Waals surface area (Å²) in [6, 6.07) is 14.0. The van der Waals surface area contributed by atoms with Gasteiger partial charge in [-0.2, -0.15) is 0 Å². The Hall–Kier alpha value is -3.48. The van der Waals surface area contributed by atoms with Gasteiger partial charge >= 0.3 is 6.09 Å². The molecule has 0 bridgehead atoms. The fourth-order valence-corrected chi connectivity index (χ4v) is 3.32. The minimum absolute atomic E-state index is 0.200. The average molecular weight is 379 g/mol. The molecule has 3 aromatic rings. The topological polar surface area (TPSA) is 71.5 Å². The first-order valence-corrected chi connectivity index (χ1v) is 8.89. The third-order valence-electron chi connectivity index (χ3n) is 4.66. The molecule has 28 heavy (non-hydrogen) atoms. The molecule has 1 fully saturated rings. The highest BCUT2D eigenvalue weighted by molar-refractivity contribution is 5.95. The second-order valence-corrected chi connectivity index (χ2v) is 6.59. The molecule has 1 aliphatic rings. The molecule has 0 saturated carbocycles. The Balaban J connectivity index is 1.62. The zero-order chi connectivity index (χ0) is 19.7. The number of hydrogen-bond donors (Lipinski definition) is 1. The van der Waals surface area contributed by atoms with Crippen LogP contribution in [0.15, 0.2) is 54.7 Å². The summed E-state index contributed by atoms with van der Waals surface area (Å²) < 4.78 is 20.2. The SMILES string of the molecule is CC(=O)NCC1CN(c2ccc(-c3ccnc4ccccc34)c(F)c2)C(=O)O1. The third kappa shape index (κ3) is 3.38. The van der Waals surface area contributed by atoms with Crippen LogP contribution in [0.3, 0.4) is 0 Å². The van der Waals surface area contributed by atoms with Gasteiger partial charge in [0.1, 0.15) is 11.9 Å². The summed E-state index contributed by atoms with van der Waals surface area (Å²) >= 11 is 0. The molecule has 142 valence electrons. The lowest BCUT2D eigenvalue weighted by atomic mass is 10.0. The number of nitrogens with one attached hydrogen (secondary N) is 1. The molecule has 0 radical (unpaired) electrons. The van der Waals surface area contributed by atoms with Gasteiger partial charge in [-0.1, -0.05) is 18.2 Å². The molecular weight excluding hydrogens is 361 g/mol. The van der Waals surface area contributed by atoms with Gasteiger partial charge in [0.25, 0.3) is 0 Å². The number of aromatic nitrogens is 1. The van der Waals surface area contributed by atoms with Gasteiger partial charge in [0, 0.05) is 24.1 Å². The first-order chi connectivity index (χ1) is 13.5. The van der Waals surface area contributed by atoms with E-state index < -0.39 is 18.0 Å². The molecule has 2 aromatic carbocycles. The molecule has 0 aliphatic carbocycles. The highest BCUT2D eigenvalue weighted by Gasteiger charge is 2.32. The molecule has 4 rings (SSSR count). The lowest BCUT2D eigenvalue weighted by molar-refractivity contribution is -0.119. The number of rotatable bonds is 4. The molecule has 1 aromatic heterocycles. The number of pyridine rings is 1. The second kappa shape index (κ2) is 7.26. The quantitative estimate of drug-likeness (QED) is 0.753. The molecule has 2 amide bonds. The van der Waals surface area contributed by atoms with E-state index in [9.17, 15) is 14.0 Å². The van der Waals surface area contributed by atoms with Gasteiger partial charge in [-0.3, -0.25) is 14.7 Å². The van der Waals surface area contributed by atoms with Crippen LogP contribution in [0.5, 0.6) is 0 Å². The summed E-state index contributed by atoms with van der Waals surface area (Å²) in [6.07, 6.45) is 0.621. The van der Waals surface area contributed by atoms with Crippen molar-refractivity contribution in [3.8, 4) is 11.1 Å². The van der Waals surface area contributed by atoms with Crippen LogP contribution in [0.4, 0.5) is 14.9 Å². The molecule has 0 spiro atoms. The second-order valence-electron chi connectivity index (χ2n) is 6.59. The molecule has 1 atom stereocenters. The Morgan fingerprint density at radius 2 is 2.07 bits per heavy atom. The first kappa shape index (κ1) is 17.9. The van der Waals surface area contributed by atoms with Crippen molar-refractivity contribution < 1.29 is 18.7 Å². The monoisotopic (exact) mass is 379 g/mol. The fourth-order valence-electron chi connectivity index (χ4n) is 3.32. The Labute approximate surface area is 160 Å². The maximum atomic E-state index is 14.9. The van der Waals surface area contributed by atoms with Crippen molar-refractivity contribution in [3.63, 3.8) is 0 Å². The smallest absolute Gasteiger partial charge is 0.414 e. The first-order valence-electron chi connectivity index (χ1n) is 8.89. The van der Waals surface area contributed by atoms with Crippen LogP contribution < -0.4 is 10.2 Å². The van der Waals surface area contributed by atoms with Crippen LogP contribution in [0.2, 0.25) is 0 Å². The molecule has 2 heterocycles. The van der Waals surface area contributed by atoms with Gasteiger partial charge < -0.3 is 10.1 Å². The predicted octanol–water partition coefficient (Wildman–Crippen LogP) is 3.50. The van der Waals surface area contributed by atoms with E-state index in [4.69, 9.17) is 4.74 Å². The Bertz CT molecular complexity index is 1060. The van der Waals surface area contributed by atoms with Gasteiger partial charge in [-0.05, 0) is 35.9 Å². The van der Waals surface area contributed by atoms with E-state index in [1.807, 2.05) is 24.3 Å². The molecule has 1 saturated heterocycles. The summed E-state index contributed by atoms with van der Waals surface area (Å²) in [5.41, 5.74) is 2.37. The van der Waals surface area contributed by atoms with Gasteiger partial charge in [0.2, 0.25) is 5.91 Å². The van der Waals surface area contributed by atoms with E-state index in [-0.39, 0.29) is 19.0 Å². The summed E-state index contributed by atoms with van der Waals surface area (Å²) in [7, 11) is 0. The van der Waals surface area contributed by atoms with Crippen molar-refractivity contribution in [2.24, 2.45) is 0 Å². The zero-order valence-corrected chi connectivity index (χ0v) is 15.2. The van der Waals surface area contributed by atoms with Crippen LogP contribution in [-0.4, -0.2) is 36.2 Å². The largest absolute Gasteiger partial charge is 0.442 e. The number of amides is 2. The summed E-state index contributed by atoms with van der Waals surface area (Å²) in [6.45, 7) is 1.86. The fraction of sp³-hybridized carbons (Fsp3) is 0.190. The molecule has 6 nitrogen and oxygen atoms in total. The van der Waals surface area contributed by atoms with Crippen LogP contribution in [0, 0.1) is 5.82 Å². The van der Waals surface area contributed by atoms with Crippen LogP contribution in [-0.2, 0) is 9.53 Å². The number of cyclic esters (lactones) is 1. The maximum absolute atomic E-state index is 14.9. The van der Waals surface area contributed by atoms with Crippen LogP contribution in [0.25, 0.3) is 22.0 Å². The van der Waals surface area contributed by atoms with Gasteiger partial charge in [0.15, 0.2) is 0 Å². The lowest BCUT2D eigenvalue weighted by Crippen LogP contribution is -2.33. The highest BCUT2D eigenvalue weighted by Crippen LogP contribution is 2.32. The molecular formula is C21H18FN3O3. The number of ether oxygens (including phenoxy) is 1. The van der Waals surface area contributed by atoms with Crippen molar-refractivity contribution in [2.75, 3.05) is 18.0 Å². The Morgan fingerprint density at radius 1 is 1.25 bits per heavy atom. The van der Waals surface area contributed by atoms with Gasteiger partial charge in [0.05, 0.1) is 24.3 Å². The number of carbonyl (C=O) groups is 2. The van der Waals surface area contributed by atoms with Gasteiger partial charge in [-0.15, -0.1) is 0 Å². The molecule has 1 aliphatic heterocycles. The number of fused-ring (bicyclic) bond motifs is 1. The van der Waals surface area contributed by atoms with E-state index in [1.165, 1.54) is 17.9 Å². The number of halogens is 1. The van der Waals surface area contributed by atoms with Crippen molar-refractivity contribution in [3.05, 3.63) is 60.5 Å². The van der Waals surface area contributed by atoms with E-state index in [1.54, 1.807) is 24.4 Å². The number of benzene rings is 2. The van der Waals surface area contributed by atoms with E-state index in [2.05, 4.69) is 10.3 Å². The Kier molecular flexibility index (Phi) is 4.65. The standard InChI is InChI=1S/C21H18FN3O3/c1-13(26)24-11-15-12-25(21(27)28-15)14-6-7-17(19(22)10-14)16-8-9-23-20-5-3-2-4-18(16)20/h2-10,15H,11-12H2,1H3,(H,24,26). The highest BCUT2D eigenvalue weighted by atomic mass is 19.1. The number of anilines is 1. The number of para-hydroxylation sites is 1. The van der Waals surface area contributed by atoms with Crippen LogP contribution in [0.1, 0.15) is 6.92 Å². The van der Waals surface area contributed by atoms with Crippen molar-refractivity contribution in [1.29, 1.82) is 0 Å². The molecule has 1 unspecified atom stereocenters. The van der Waals surface area contributed by atoms with E-state index >= 15 is 0 Å². The van der Waals surface area contributed by atoms with E-state index in [0.29, 0.717) is 11.3 Å². The summed E-state index contributed by atoms with van der Waals surface area (Å²) in [5, 5.41) is 3.47. The van der Waals surface area contributed by atoms with Crippen LogP contribution >= 0.6 is 0 Å². The maximum Gasteiger partial charge on any atom is 0.414 e. The minimum atomic E-state index is -0.558. The number of hydrogen-bond acceptors (Lipinski definition) is 4. The normalized spacial score (nSPS) is 16.3. The predicted molar refractivity (Wildman–Crippen MR) is 103 cm³/mol. The van der Waals surface area contributed by atoms with Gasteiger partial charge in [-0.25, -0.2) is 9.18 Å². The average Bonchev–Trinajstić information content (AvgIpc) is 3.07. The lowest BCUT2D eigenvalue weighted by Gasteiger charge is -2.15. The summed E-state index contributed by atoms with van der Waals surface area (Å²) in [5.74, 6) is -0.638. The van der Waals surface area contributed by atoms with Crippen molar-refractivity contribution in [1.82, 2.24) is 10.3 Å². The number of carbonyl (C=O) groups excluding carboxylic acids is 2. The molecule has 7 heteroatoms. The third-order valence-corrected chi connectivity index (χ3v) is 4.66. The minimum Gasteiger partial charge on any atom is -0.442 e. The number of nitrogens with zero attached hydrogens (tertiary/aromatic N) is 2. The summed E-state index contributed by atoms with van der Waals surface area (Å²) in [4.78, 5) is 28.8. The zero-order valence-electron chi connectivity index (χ0n) is 15.2. The Morgan fingerprint density at radius 3 is 2.86 bits per heavy atom. The molecule has 1 N–H and O–H groups in total. The van der Waals surface area contributed by atoms with Crippen molar-refractivity contribution >= 4 is 28.6 Å². The van der Waals surface area contributed by atoms with Crippen molar-refractivity contribution in [2.45, 2.75) is 13.0 Å². The van der Waals surface area contributed by atoms with E-state index in [0.717, 1.165) is 16.5 Å².